The van der Waals surface area contributed by atoms with E-state index in [9.17, 15) is 9.59 Å². The Morgan fingerprint density at radius 3 is 2.11 bits per heavy atom. The number of aliphatic imine (C=N–C) groups is 1. The first-order valence-corrected chi connectivity index (χ1v) is 12.5. The van der Waals surface area contributed by atoms with Gasteiger partial charge in [-0.15, -0.1) is 0 Å². The highest BCUT2D eigenvalue weighted by molar-refractivity contribution is 6.31. The van der Waals surface area contributed by atoms with E-state index < -0.39 is 12.2 Å². The Kier molecular flexibility index (Phi) is 5.83. The predicted octanol–water partition coefficient (Wildman–Crippen LogP) is 4.26. The summed E-state index contributed by atoms with van der Waals surface area (Å²) in [7, 11) is 1.76. The van der Waals surface area contributed by atoms with Crippen molar-refractivity contribution in [3.63, 3.8) is 0 Å². The SMILES string of the molecule is C[NH+]1C(=O)C(NC(=O)NC2c3ccccc3-c3ccccc32)N=C(c2ccccc2)c2cc(Cl)ccc21. The number of nitrogens with zero attached hydrogens (tertiary/aromatic N) is 1. The molecule has 0 saturated carbocycles. The Bertz CT molecular complexity index is 1520. The highest BCUT2D eigenvalue weighted by Crippen LogP contribution is 2.42. The number of benzene rings is 4. The minimum Gasteiger partial charge on any atom is -0.327 e. The number of benzodiazepines with no additional fused rings is 1. The van der Waals surface area contributed by atoms with Crippen LogP contribution in [0.5, 0.6) is 0 Å². The van der Waals surface area contributed by atoms with Crippen molar-refractivity contribution in [3.8, 4) is 11.1 Å². The van der Waals surface area contributed by atoms with Crippen molar-refractivity contribution in [3.05, 3.63) is 124 Å². The lowest BCUT2D eigenvalue weighted by Crippen LogP contribution is -3.08. The minimum absolute atomic E-state index is 0.267. The molecule has 1 aliphatic heterocycles. The Labute approximate surface area is 219 Å². The molecule has 2 atom stereocenters. The summed E-state index contributed by atoms with van der Waals surface area (Å²) in [4.78, 5) is 32.2. The molecule has 0 saturated heterocycles. The molecule has 7 heteroatoms. The van der Waals surface area contributed by atoms with Gasteiger partial charge < -0.3 is 10.6 Å². The summed E-state index contributed by atoms with van der Waals surface area (Å²) in [5.41, 5.74) is 7.16. The predicted molar refractivity (Wildman–Crippen MR) is 144 cm³/mol. The summed E-state index contributed by atoms with van der Waals surface area (Å²) < 4.78 is 0. The van der Waals surface area contributed by atoms with E-state index in [0.29, 0.717) is 15.6 Å². The number of urea groups is 1. The first-order valence-electron chi connectivity index (χ1n) is 12.1. The van der Waals surface area contributed by atoms with Gasteiger partial charge in [-0.25, -0.2) is 19.5 Å². The molecular weight excluding hydrogens is 484 g/mol. The number of hydrogen-bond donors (Lipinski definition) is 3. The first-order chi connectivity index (χ1) is 18.0. The zero-order chi connectivity index (χ0) is 25.5. The van der Waals surface area contributed by atoms with E-state index in [2.05, 4.69) is 22.8 Å². The van der Waals surface area contributed by atoms with Crippen molar-refractivity contribution in [2.75, 3.05) is 7.05 Å². The standard InChI is InChI=1S/C30H23ClN4O2/c1-35-25-16-15-19(31)17-24(25)26(18-9-3-2-4-10-18)32-28(29(35)36)34-30(37)33-27-22-13-7-5-11-20(22)21-12-6-8-14-23(21)27/h2-17,27-28H,1H3,(H2,33,34,37)/p+1. The van der Waals surface area contributed by atoms with Gasteiger partial charge in [-0.3, -0.25) is 0 Å². The molecule has 0 radical (unpaired) electrons. The second-order valence-corrected chi connectivity index (χ2v) is 9.59. The van der Waals surface area contributed by atoms with Crippen molar-refractivity contribution in [2.24, 2.45) is 4.99 Å². The largest absolute Gasteiger partial charge is 0.361 e. The lowest BCUT2D eigenvalue weighted by atomic mass is 10.0. The van der Waals surface area contributed by atoms with Crippen molar-refractivity contribution in [1.29, 1.82) is 0 Å². The monoisotopic (exact) mass is 507 g/mol. The van der Waals surface area contributed by atoms with E-state index in [0.717, 1.165) is 39.1 Å². The molecule has 1 heterocycles. The smallest absolute Gasteiger partial charge is 0.327 e. The van der Waals surface area contributed by atoms with Crippen molar-refractivity contribution < 1.29 is 14.5 Å². The van der Waals surface area contributed by atoms with E-state index >= 15 is 0 Å². The van der Waals surface area contributed by atoms with Gasteiger partial charge >= 0.3 is 11.9 Å². The van der Waals surface area contributed by atoms with Crippen LogP contribution >= 0.6 is 11.6 Å². The van der Waals surface area contributed by atoms with Gasteiger partial charge in [-0.05, 0) is 34.4 Å². The lowest BCUT2D eigenvalue weighted by Gasteiger charge is -2.19. The number of nitrogens with one attached hydrogen (secondary N) is 3. The van der Waals surface area contributed by atoms with Gasteiger partial charge in [0.25, 0.3) is 0 Å². The fourth-order valence-corrected chi connectivity index (χ4v) is 5.34. The molecule has 3 N–H and O–H groups in total. The van der Waals surface area contributed by atoms with Crippen molar-refractivity contribution in [1.82, 2.24) is 10.6 Å². The van der Waals surface area contributed by atoms with Gasteiger partial charge in [0.15, 0.2) is 0 Å². The molecule has 0 fully saturated rings. The van der Waals surface area contributed by atoms with Gasteiger partial charge in [0.1, 0.15) is 5.69 Å². The Morgan fingerprint density at radius 2 is 1.43 bits per heavy atom. The Hall–Kier alpha value is -4.26. The van der Waals surface area contributed by atoms with Crippen LogP contribution in [0.2, 0.25) is 5.02 Å². The summed E-state index contributed by atoms with van der Waals surface area (Å²) >= 11 is 6.34. The molecule has 0 spiro atoms. The van der Waals surface area contributed by atoms with Crippen LogP contribution in [0.1, 0.15) is 28.3 Å². The normalized spacial score (nSPS) is 18.2. The molecule has 182 valence electrons. The summed E-state index contributed by atoms with van der Waals surface area (Å²) in [6, 6.07) is 30.3. The zero-order valence-corrected chi connectivity index (χ0v) is 20.8. The number of amides is 3. The number of likely N-dealkylation sites (N-methyl/N-ethyl adjacent to an activating group) is 1. The number of quaternary nitrogens is 1. The molecule has 6 nitrogen and oxygen atoms in total. The third-order valence-electron chi connectivity index (χ3n) is 6.94. The minimum atomic E-state index is -1.09. The van der Waals surface area contributed by atoms with Crippen LogP contribution in [0.3, 0.4) is 0 Å². The second-order valence-electron chi connectivity index (χ2n) is 9.15. The fourth-order valence-electron chi connectivity index (χ4n) is 5.17. The van der Waals surface area contributed by atoms with Crippen LogP contribution in [0.25, 0.3) is 11.1 Å². The van der Waals surface area contributed by atoms with Gasteiger partial charge in [0, 0.05) is 16.7 Å². The quantitative estimate of drug-likeness (QED) is 0.387. The van der Waals surface area contributed by atoms with Gasteiger partial charge in [-0.2, -0.15) is 0 Å². The number of hydrogen-bond acceptors (Lipinski definition) is 3. The molecular formula is C30H24ClN4O2+. The Balaban J connectivity index is 1.35. The maximum Gasteiger partial charge on any atom is 0.361 e. The van der Waals surface area contributed by atoms with Crippen LogP contribution in [-0.4, -0.2) is 30.9 Å². The molecule has 3 amide bonds. The van der Waals surface area contributed by atoms with E-state index in [-0.39, 0.29) is 11.9 Å². The number of halogens is 1. The third kappa shape index (κ3) is 4.10. The maximum atomic E-state index is 13.5. The van der Waals surface area contributed by atoms with E-state index in [1.165, 1.54) is 0 Å². The van der Waals surface area contributed by atoms with E-state index in [1.54, 1.807) is 13.1 Å². The summed E-state index contributed by atoms with van der Waals surface area (Å²) in [5.74, 6) is -0.267. The van der Waals surface area contributed by atoms with Crippen LogP contribution in [0.15, 0.2) is 102 Å². The molecule has 2 unspecified atom stereocenters. The second kappa shape index (κ2) is 9.32. The summed E-state index contributed by atoms with van der Waals surface area (Å²) in [6.07, 6.45) is -1.09. The number of carbonyl (C=O) groups excluding carboxylic acids is 2. The van der Waals surface area contributed by atoms with Gasteiger partial charge in [-0.1, -0.05) is 90.5 Å². The average Bonchev–Trinajstić information content (AvgIpc) is 3.19. The Morgan fingerprint density at radius 1 is 0.811 bits per heavy atom. The van der Waals surface area contributed by atoms with Gasteiger partial charge in [0.2, 0.25) is 6.17 Å². The summed E-state index contributed by atoms with van der Waals surface area (Å²) in [6.45, 7) is 0. The molecule has 6 rings (SSSR count). The summed E-state index contributed by atoms with van der Waals surface area (Å²) in [5, 5.41) is 6.46. The fraction of sp³-hybridized carbons (Fsp3) is 0.100. The highest BCUT2D eigenvalue weighted by Gasteiger charge is 2.37. The lowest BCUT2D eigenvalue weighted by molar-refractivity contribution is -0.725. The molecule has 1 aliphatic carbocycles. The number of rotatable bonds is 3. The van der Waals surface area contributed by atoms with Crippen molar-refractivity contribution in [2.45, 2.75) is 12.2 Å². The van der Waals surface area contributed by atoms with E-state index in [4.69, 9.17) is 16.6 Å². The van der Waals surface area contributed by atoms with Gasteiger partial charge in [0.05, 0.1) is 24.4 Å². The first kappa shape index (κ1) is 23.2. The van der Waals surface area contributed by atoms with Crippen LogP contribution in [0, 0.1) is 0 Å². The molecule has 0 aromatic heterocycles. The zero-order valence-electron chi connectivity index (χ0n) is 20.0. The van der Waals surface area contributed by atoms with Crippen LogP contribution < -0.4 is 15.5 Å². The topological polar surface area (TPSA) is 75.0 Å². The third-order valence-corrected chi connectivity index (χ3v) is 7.18. The van der Waals surface area contributed by atoms with Crippen molar-refractivity contribution >= 4 is 34.9 Å². The molecule has 2 aliphatic rings. The highest BCUT2D eigenvalue weighted by atomic mass is 35.5. The maximum absolute atomic E-state index is 13.5. The molecule has 4 aromatic carbocycles. The molecule has 0 bridgehead atoms. The molecule has 37 heavy (non-hydrogen) atoms. The van der Waals surface area contributed by atoms with Crippen LogP contribution in [0.4, 0.5) is 10.5 Å². The average molecular weight is 508 g/mol. The van der Waals surface area contributed by atoms with Crippen LogP contribution in [-0.2, 0) is 4.79 Å². The molecule has 4 aromatic rings. The number of fused-ring (bicyclic) bond motifs is 4. The number of carbonyl (C=O) groups is 2. The van der Waals surface area contributed by atoms with E-state index in [1.807, 2.05) is 78.9 Å².